The monoisotopic (exact) mass is 391 g/mol. The summed E-state index contributed by atoms with van der Waals surface area (Å²) in [6.07, 6.45) is -0.146. The third-order valence-corrected chi connectivity index (χ3v) is 6.07. The van der Waals surface area contributed by atoms with Gasteiger partial charge in [0.05, 0.1) is 13.7 Å². The van der Waals surface area contributed by atoms with E-state index in [1.807, 2.05) is 0 Å². The molecule has 1 rings (SSSR count). The molecule has 1 heterocycles. The molecule has 8 heteroatoms. The lowest BCUT2D eigenvalue weighted by Gasteiger charge is -2.09. The average Bonchev–Trinajstić information content (AvgIpc) is 2.55. The van der Waals surface area contributed by atoms with Gasteiger partial charge in [0.2, 0.25) is 10.0 Å². The van der Waals surface area contributed by atoms with Gasteiger partial charge in [0.25, 0.3) is 0 Å². The van der Waals surface area contributed by atoms with Gasteiger partial charge in [-0.05, 0) is 44.3 Å². The lowest BCUT2D eigenvalue weighted by atomic mass is 10.3. The normalized spacial score (nSPS) is 14.0. The fourth-order valence-electron chi connectivity index (χ4n) is 0.936. The number of hydrogen-bond acceptors (Lipinski definition) is 4. The van der Waals surface area contributed by atoms with Gasteiger partial charge < -0.3 is 5.11 Å². The molecular formula is C8H11Br2NO3S2. The minimum absolute atomic E-state index is 0.0265. The van der Waals surface area contributed by atoms with Crippen LogP contribution in [0.2, 0.25) is 0 Å². The van der Waals surface area contributed by atoms with Gasteiger partial charge in [0, 0.05) is 6.54 Å². The number of aliphatic hydroxyl groups is 1. The van der Waals surface area contributed by atoms with Crippen molar-refractivity contribution in [1.82, 2.24) is 4.72 Å². The molecule has 0 aliphatic rings. The van der Waals surface area contributed by atoms with Crippen LogP contribution in [0.3, 0.4) is 0 Å². The minimum atomic E-state index is -3.55. The van der Waals surface area contributed by atoms with E-state index in [9.17, 15) is 13.5 Å². The standard InChI is InChI=1S/C8H11Br2NO3S2/c1-2-5(12)4-11-16(13,14)6-3-7(9)15-8(6)10/h3,5,11-12H,2,4H2,1H3. The molecule has 0 aliphatic heterocycles. The molecule has 1 aromatic heterocycles. The lowest BCUT2D eigenvalue weighted by Crippen LogP contribution is -2.31. The van der Waals surface area contributed by atoms with E-state index < -0.39 is 16.1 Å². The zero-order chi connectivity index (χ0) is 12.3. The highest BCUT2D eigenvalue weighted by Crippen LogP contribution is 2.34. The van der Waals surface area contributed by atoms with Crippen molar-refractivity contribution in [3.63, 3.8) is 0 Å². The Morgan fingerprint density at radius 1 is 1.56 bits per heavy atom. The molecule has 1 atom stereocenters. The Morgan fingerprint density at radius 3 is 2.62 bits per heavy atom. The highest BCUT2D eigenvalue weighted by molar-refractivity contribution is 9.12. The smallest absolute Gasteiger partial charge is 0.242 e. The van der Waals surface area contributed by atoms with Crippen LogP contribution in [0.4, 0.5) is 0 Å². The van der Waals surface area contributed by atoms with Crippen LogP contribution in [-0.2, 0) is 10.0 Å². The molecule has 0 aromatic carbocycles. The summed E-state index contributed by atoms with van der Waals surface area (Å²) < 4.78 is 27.3. The van der Waals surface area contributed by atoms with Gasteiger partial charge in [-0.25, -0.2) is 13.1 Å². The third kappa shape index (κ3) is 3.78. The van der Waals surface area contributed by atoms with Gasteiger partial charge >= 0.3 is 0 Å². The summed E-state index contributed by atoms with van der Waals surface area (Å²) in [7, 11) is -3.55. The second-order valence-electron chi connectivity index (χ2n) is 3.10. The molecule has 0 saturated carbocycles. The van der Waals surface area contributed by atoms with Gasteiger partial charge in [-0.15, -0.1) is 11.3 Å². The number of nitrogens with one attached hydrogen (secondary N) is 1. The summed E-state index contributed by atoms with van der Waals surface area (Å²) in [5.74, 6) is 0. The Hall–Kier alpha value is 0.530. The minimum Gasteiger partial charge on any atom is -0.392 e. The predicted octanol–water partition coefficient (Wildman–Crippen LogP) is 2.32. The summed E-state index contributed by atoms with van der Waals surface area (Å²) >= 11 is 7.69. The van der Waals surface area contributed by atoms with E-state index >= 15 is 0 Å². The quantitative estimate of drug-likeness (QED) is 0.807. The third-order valence-electron chi connectivity index (χ3n) is 1.90. The number of halogens is 2. The van der Waals surface area contributed by atoms with Crippen molar-refractivity contribution in [2.24, 2.45) is 0 Å². The van der Waals surface area contributed by atoms with Gasteiger partial charge in [-0.3, -0.25) is 0 Å². The van der Waals surface area contributed by atoms with Crippen molar-refractivity contribution < 1.29 is 13.5 Å². The van der Waals surface area contributed by atoms with Crippen LogP contribution in [0.15, 0.2) is 18.5 Å². The summed E-state index contributed by atoms with van der Waals surface area (Å²) in [6.45, 7) is 1.81. The van der Waals surface area contributed by atoms with E-state index in [2.05, 4.69) is 36.6 Å². The first-order valence-corrected chi connectivity index (χ1v) is 8.38. The molecule has 4 nitrogen and oxygen atoms in total. The largest absolute Gasteiger partial charge is 0.392 e. The van der Waals surface area contributed by atoms with Crippen LogP contribution in [0.25, 0.3) is 0 Å². The fraction of sp³-hybridized carbons (Fsp3) is 0.500. The van der Waals surface area contributed by atoms with Crippen LogP contribution in [0.5, 0.6) is 0 Å². The Morgan fingerprint density at radius 2 is 2.19 bits per heavy atom. The van der Waals surface area contributed by atoms with E-state index in [1.165, 1.54) is 17.4 Å². The summed E-state index contributed by atoms with van der Waals surface area (Å²) in [5, 5.41) is 9.30. The van der Waals surface area contributed by atoms with E-state index in [0.717, 1.165) is 3.79 Å². The maximum absolute atomic E-state index is 11.8. The lowest BCUT2D eigenvalue weighted by molar-refractivity contribution is 0.174. The van der Waals surface area contributed by atoms with Gasteiger partial charge in [0.15, 0.2) is 0 Å². The number of thiophene rings is 1. The molecule has 16 heavy (non-hydrogen) atoms. The maximum Gasteiger partial charge on any atom is 0.242 e. The predicted molar refractivity (Wildman–Crippen MR) is 71.2 cm³/mol. The molecule has 0 amide bonds. The highest BCUT2D eigenvalue weighted by atomic mass is 79.9. The van der Waals surface area contributed by atoms with E-state index in [4.69, 9.17) is 0 Å². The van der Waals surface area contributed by atoms with Crippen molar-refractivity contribution >= 4 is 53.2 Å². The van der Waals surface area contributed by atoms with Crippen molar-refractivity contribution in [3.8, 4) is 0 Å². The first-order chi connectivity index (χ1) is 7.36. The Labute approximate surface area is 115 Å². The Bertz CT molecular complexity index is 458. The second-order valence-corrected chi connectivity index (χ2v) is 8.59. The molecule has 0 bridgehead atoms. The number of sulfonamides is 1. The van der Waals surface area contributed by atoms with E-state index in [0.29, 0.717) is 10.2 Å². The molecule has 1 aromatic rings. The highest BCUT2D eigenvalue weighted by Gasteiger charge is 2.20. The van der Waals surface area contributed by atoms with Crippen LogP contribution in [0.1, 0.15) is 13.3 Å². The molecule has 0 radical (unpaired) electrons. The molecule has 0 aliphatic carbocycles. The molecule has 0 saturated heterocycles. The van der Waals surface area contributed by atoms with E-state index in [1.54, 1.807) is 6.92 Å². The second kappa shape index (κ2) is 5.92. The topological polar surface area (TPSA) is 66.4 Å². The molecule has 92 valence electrons. The fourth-order valence-corrected chi connectivity index (χ4v) is 5.82. The zero-order valence-corrected chi connectivity index (χ0v) is 13.2. The summed E-state index contributed by atoms with van der Waals surface area (Å²) in [4.78, 5) is 0.188. The first kappa shape index (κ1) is 14.6. The summed E-state index contributed by atoms with van der Waals surface area (Å²) in [6, 6.07) is 1.52. The Kier molecular flexibility index (Phi) is 5.40. The van der Waals surface area contributed by atoms with Gasteiger partial charge in [-0.2, -0.15) is 0 Å². The molecule has 1 unspecified atom stereocenters. The first-order valence-electron chi connectivity index (χ1n) is 4.49. The van der Waals surface area contributed by atoms with Crippen molar-refractivity contribution in [3.05, 3.63) is 13.6 Å². The van der Waals surface area contributed by atoms with Gasteiger partial charge in [-0.1, -0.05) is 6.92 Å². The van der Waals surface area contributed by atoms with Gasteiger partial charge in [0.1, 0.15) is 4.90 Å². The van der Waals surface area contributed by atoms with Crippen molar-refractivity contribution in [2.75, 3.05) is 6.54 Å². The zero-order valence-electron chi connectivity index (χ0n) is 8.41. The Balaban J connectivity index is 2.82. The SMILES string of the molecule is CCC(O)CNS(=O)(=O)c1cc(Br)sc1Br. The van der Waals surface area contributed by atoms with Crippen LogP contribution in [-0.4, -0.2) is 26.2 Å². The number of rotatable bonds is 5. The van der Waals surface area contributed by atoms with Crippen LogP contribution >= 0.6 is 43.2 Å². The maximum atomic E-state index is 11.8. The molecule has 2 N–H and O–H groups in total. The number of aliphatic hydroxyl groups excluding tert-OH is 1. The van der Waals surface area contributed by atoms with E-state index in [-0.39, 0.29) is 11.4 Å². The van der Waals surface area contributed by atoms with Crippen LogP contribution in [0, 0.1) is 0 Å². The molecule has 0 spiro atoms. The number of hydrogen-bond donors (Lipinski definition) is 2. The average molecular weight is 393 g/mol. The molecular weight excluding hydrogens is 382 g/mol. The van der Waals surface area contributed by atoms with Crippen molar-refractivity contribution in [2.45, 2.75) is 24.3 Å². The molecule has 0 fully saturated rings. The van der Waals surface area contributed by atoms with Crippen molar-refractivity contribution in [1.29, 1.82) is 0 Å². The van der Waals surface area contributed by atoms with Crippen LogP contribution < -0.4 is 4.72 Å². The summed E-state index contributed by atoms with van der Waals surface area (Å²) in [5.41, 5.74) is 0.